The van der Waals surface area contributed by atoms with Crippen molar-refractivity contribution in [2.75, 3.05) is 11.4 Å². The molecule has 1 aliphatic carbocycles. The zero-order chi connectivity index (χ0) is 29.2. The van der Waals surface area contributed by atoms with Crippen molar-refractivity contribution in [1.82, 2.24) is 29.3 Å². The molecule has 5 rings (SSSR count). The fourth-order valence-electron chi connectivity index (χ4n) is 5.28. The Bertz CT molecular complexity index is 1560. The van der Waals surface area contributed by atoms with Gasteiger partial charge in [-0.05, 0) is 51.7 Å². The highest BCUT2D eigenvalue weighted by molar-refractivity contribution is 7.90. The van der Waals surface area contributed by atoms with E-state index in [4.69, 9.17) is 4.74 Å². The number of aromatic nitrogens is 5. The first-order valence-corrected chi connectivity index (χ1v) is 14.2. The van der Waals surface area contributed by atoms with Crippen molar-refractivity contribution in [3.05, 3.63) is 41.9 Å². The van der Waals surface area contributed by atoms with Crippen molar-refractivity contribution in [2.24, 2.45) is 18.9 Å². The molecule has 2 fully saturated rings. The minimum atomic E-state index is -4.32. The molecule has 1 N–H and O–H groups in total. The Hall–Kier alpha value is -3.62. The summed E-state index contributed by atoms with van der Waals surface area (Å²) in [5.41, 5.74) is -0.100. The van der Waals surface area contributed by atoms with Crippen LogP contribution in [0, 0.1) is 18.8 Å². The topological polar surface area (TPSA) is 124 Å². The van der Waals surface area contributed by atoms with Crippen LogP contribution >= 0.6 is 0 Å². The summed E-state index contributed by atoms with van der Waals surface area (Å²) in [5, 5.41) is 8.26. The number of carbonyl (C=O) groups is 1. The molecule has 4 heterocycles. The molecule has 15 heteroatoms. The number of amides is 1. The minimum Gasteiger partial charge on any atom is -0.473 e. The molecule has 0 bridgehead atoms. The summed E-state index contributed by atoms with van der Waals surface area (Å²) < 4.78 is 74.9. The van der Waals surface area contributed by atoms with Gasteiger partial charge in [-0.3, -0.25) is 9.48 Å². The predicted octanol–water partition coefficient (Wildman–Crippen LogP) is 3.38. The third-order valence-corrected chi connectivity index (χ3v) is 8.58. The summed E-state index contributed by atoms with van der Waals surface area (Å²) in [7, 11) is -2.64. The van der Waals surface area contributed by atoms with Crippen LogP contribution in [0.1, 0.15) is 49.7 Å². The van der Waals surface area contributed by atoms with Gasteiger partial charge in [0.05, 0.1) is 17.2 Å². The van der Waals surface area contributed by atoms with Gasteiger partial charge in [0.25, 0.3) is 15.9 Å². The van der Waals surface area contributed by atoms with E-state index < -0.39 is 39.7 Å². The summed E-state index contributed by atoms with van der Waals surface area (Å²) in [5.74, 6) is -1.51. The van der Waals surface area contributed by atoms with E-state index in [1.807, 2.05) is 18.7 Å². The van der Waals surface area contributed by atoms with Crippen LogP contribution in [0.2, 0.25) is 0 Å². The van der Waals surface area contributed by atoms with Gasteiger partial charge in [-0.2, -0.15) is 18.3 Å². The Kier molecular flexibility index (Phi) is 6.63. The van der Waals surface area contributed by atoms with E-state index in [-0.39, 0.29) is 46.0 Å². The average Bonchev–Trinajstić information content (AvgIpc) is 3.16. The van der Waals surface area contributed by atoms with Crippen LogP contribution in [-0.2, 0) is 17.1 Å². The van der Waals surface area contributed by atoms with Crippen LogP contribution in [0.4, 0.5) is 19.0 Å². The van der Waals surface area contributed by atoms with E-state index in [2.05, 4.69) is 26.8 Å². The number of sulfonamides is 1. The first kappa shape index (κ1) is 27.9. The molecule has 2 aliphatic rings. The average molecular weight is 582 g/mol. The van der Waals surface area contributed by atoms with Crippen LogP contribution in [0.15, 0.2) is 35.5 Å². The third kappa shape index (κ3) is 5.38. The Morgan fingerprint density at radius 3 is 2.50 bits per heavy atom. The normalized spacial score (nSPS) is 22.4. The maximum atomic E-state index is 13.4. The largest absolute Gasteiger partial charge is 0.473 e. The number of carbonyl (C=O) groups excluding carboxylic acids is 1. The molecule has 0 unspecified atom stereocenters. The van der Waals surface area contributed by atoms with Crippen molar-refractivity contribution < 1.29 is 31.1 Å². The van der Waals surface area contributed by atoms with Crippen molar-refractivity contribution in [2.45, 2.75) is 63.3 Å². The van der Waals surface area contributed by atoms with E-state index >= 15 is 0 Å². The minimum absolute atomic E-state index is 0.0231. The van der Waals surface area contributed by atoms with Crippen molar-refractivity contribution >= 4 is 21.7 Å². The van der Waals surface area contributed by atoms with Crippen LogP contribution in [0.5, 0.6) is 5.88 Å². The highest BCUT2D eigenvalue weighted by Crippen LogP contribution is 2.46. The molecule has 0 spiro atoms. The number of hydrogen-bond donors (Lipinski definition) is 1. The summed E-state index contributed by atoms with van der Waals surface area (Å²) in [6, 6.07) is 4.39. The zero-order valence-electron chi connectivity index (χ0n) is 22.6. The molecular weight excluding hydrogens is 551 g/mol. The molecule has 1 amide bonds. The second-order valence-electron chi connectivity index (χ2n) is 11.1. The Balaban J connectivity index is 1.46. The van der Waals surface area contributed by atoms with Gasteiger partial charge in [0.2, 0.25) is 5.88 Å². The van der Waals surface area contributed by atoms with Crippen LogP contribution in [-0.4, -0.2) is 63.2 Å². The number of rotatable bonds is 7. The molecule has 1 aliphatic heterocycles. The summed E-state index contributed by atoms with van der Waals surface area (Å²) in [4.78, 5) is 19.9. The van der Waals surface area contributed by atoms with E-state index in [0.29, 0.717) is 6.54 Å². The fourth-order valence-corrected chi connectivity index (χ4v) is 6.47. The van der Waals surface area contributed by atoms with Crippen LogP contribution in [0.3, 0.4) is 0 Å². The molecule has 0 radical (unpaired) electrons. The number of aryl methyl sites for hydroxylation is 2. The summed E-state index contributed by atoms with van der Waals surface area (Å²) in [6.07, 6.45) is -1.78. The van der Waals surface area contributed by atoms with Crippen LogP contribution in [0.25, 0.3) is 5.82 Å². The van der Waals surface area contributed by atoms with Gasteiger partial charge in [0, 0.05) is 37.6 Å². The van der Waals surface area contributed by atoms with E-state index in [9.17, 15) is 26.4 Å². The SMILES string of the molecule is Cc1nn(C)cc1S(=O)(=O)NC(=O)c1ccc(-n2ccc(O[C@@H]3C[C@@H]3C(F)(F)F)n2)nc1N1C[C@@H](C)CC1(C)C. The van der Waals surface area contributed by atoms with Gasteiger partial charge < -0.3 is 9.64 Å². The van der Waals surface area contributed by atoms with Gasteiger partial charge >= 0.3 is 6.18 Å². The predicted molar refractivity (Wildman–Crippen MR) is 138 cm³/mol. The number of nitrogens with one attached hydrogen (secondary N) is 1. The standard InChI is InChI=1S/C25H30F3N7O4S/c1-14-11-24(3,4)34(12-14)22-16(23(36)32-40(37,38)19-13-33(5)30-15(19)2)6-7-20(29-22)35-9-8-21(31-35)39-18-10-17(18)25(26,27)28/h6-9,13-14,17-18H,10-12H2,1-5H3,(H,32,36)/t14-,17-,18+/m0/s1. The molecular formula is C25H30F3N7O4S. The maximum Gasteiger partial charge on any atom is 0.395 e. The lowest BCUT2D eigenvalue weighted by Crippen LogP contribution is -2.41. The van der Waals surface area contributed by atoms with Gasteiger partial charge in [0.1, 0.15) is 16.8 Å². The second-order valence-corrected chi connectivity index (χ2v) is 12.7. The fraction of sp³-hybridized carbons (Fsp3) is 0.520. The number of hydrogen-bond acceptors (Lipinski definition) is 8. The molecule has 3 aromatic heterocycles. The second kappa shape index (κ2) is 9.49. The first-order chi connectivity index (χ1) is 18.5. The number of ether oxygens (including phenoxy) is 1. The molecule has 3 aromatic rings. The summed E-state index contributed by atoms with van der Waals surface area (Å²) >= 11 is 0. The van der Waals surface area contributed by atoms with Crippen molar-refractivity contribution in [1.29, 1.82) is 0 Å². The lowest BCUT2D eigenvalue weighted by atomic mass is 9.97. The summed E-state index contributed by atoms with van der Waals surface area (Å²) in [6.45, 7) is 8.20. The van der Waals surface area contributed by atoms with Crippen LogP contribution < -0.4 is 14.4 Å². The molecule has 3 atom stereocenters. The van der Waals surface area contributed by atoms with E-state index in [1.54, 1.807) is 7.05 Å². The maximum absolute atomic E-state index is 13.4. The Labute approximate surface area is 229 Å². The number of nitrogens with zero attached hydrogens (tertiary/aromatic N) is 6. The lowest BCUT2D eigenvalue weighted by Gasteiger charge is -2.34. The third-order valence-electron chi connectivity index (χ3n) is 7.14. The Morgan fingerprint density at radius 1 is 1.20 bits per heavy atom. The molecule has 40 heavy (non-hydrogen) atoms. The number of anilines is 1. The highest BCUT2D eigenvalue weighted by atomic mass is 32.2. The van der Waals surface area contributed by atoms with Gasteiger partial charge in [-0.15, -0.1) is 5.10 Å². The molecule has 11 nitrogen and oxygen atoms in total. The van der Waals surface area contributed by atoms with Crippen molar-refractivity contribution in [3.8, 4) is 11.7 Å². The Morgan fingerprint density at radius 2 is 1.93 bits per heavy atom. The first-order valence-electron chi connectivity index (χ1n) is 12.7. The van der Waals surface area contributed by atoms with E-state index in [0.717, 1.165) is 6.42 Å². The monoisotopic (exact) mass is 581 g/mol. The molecule has 1 saturated heterocycles. The van der Waals surface area contributed by atoms with Crippen molar-refractivity contribution in [3.63, 3.8) is 0 Å². The van der Waals surface area contributed by atoms with Gasteiger partial charge in [-0.1, -0.05) is 6.92 Å². The molecule has 1 saturated carbocycles. The number of alkyl halides is 3. The molecule has 0 aromatic carbocycles. The molecule has 216 valence electrons. The lowest BCUT2D eigenvalue weighted by molar-refractivity contribution is -0.153. The smallest absolute Gasteiger partial charge is 0.395 e. The number of halogens is 3. The zero-order valence-corrected chi connectivity index (χ0v) is 23.4. The highest BCUT2D eigenvalue weighted by Gasteiger charge is 2.58. The van der Waals surface area contributed by atoms with Gasteiger partial charge in [0.15, 0.2) is 5.82 Å². The number of pyridine rings is 1. The van der Waals surface area contributed by atoms with E-state index in [1.165, 1.54) is 46.9 Å². The quantitative estimate of drug-likeness (QED) is 0.451. The van der Waals surface area contributed by atoms with Gasteiger partial charge in [-0.25, -0.2) is 22.8 Å².